The minimum absolute atomic E-state index is 0.174. The third kappa shape index (κ3) is 2.21. The van der Waals surface area contributed by atoms with Crippen LogP contribution in [0.25, 0.3) is 0 Å². The van der Waals surface area contributed by atoms with Crippen LogP contribution >= 0.6 is 34.2 Å². The summed E-state index contributed by atoms with van der Waals surface area (Å²) in [5.41, 5.74) is 6.69. The molecule has 1 aromatic rings. The molecule has 0 aromatic heterocycles. The molecule has 0 saturated carbocycles. The van der Waals surface area contributed by atoms with Gasteiger partial charge in [0.1, 0.15) is 0 Å². The zero-order valence-corrected chi connectivity index (χ0v) is 9.34. The average molecular weight is 294 g/mol. The van der Waals surface area contributed by atoms with Crippen LogP contribution in [-0.4, -0.2) is 0 Å². The summed E-state index contributed by atoms with van der Waals surface area (Å²) in [6.07, 6.45) is 1.68. The third-order valence-electron chi connectivity index (χ3n) is 1.57. The second-order valence-electron chi connectivity index (χ2n) is 2.43. The van der Waals surface area contributed by atoms with Crippen molar-refractivity contribution in [2.24, 2.45) is 5.73 Å². The fourth-order valence-corrected chi connectivity index (χ4v) is 1.66. The summed E-state index contributed by atoms with van der Waals surface area (Å²) >= 11 is 8.16. The lowest BCUT2D eigenvalue weighted by Gasteiger charge is -2.08. The van der Waals surface area contributed by atoms with Crippen molar-refractivity contribution in [3.05, 3.63) is 45.0 Å². The first-order valence-electron chi connectivity index (χ1n) is 3.48. The van der Waals surface area contributed by atoms with E-state index in [1.807, 2.05) is 18.2 Å². The van der Waals surface area contributed by atoms with E-state index in [2.05, 4.69) is 29.2 Å². The Kier molecular flexibility index (Phi) is 3.55. The van der Waals surface area contributed by atoms with Crippen LogP contribution in [-0.2, 0) is 0 Å². The highest BCUT2D eigenvalue weighted by Gasteiger charge is 2.06. The van der Waals surface area contributed by atoms with E-state index in [0.29, 0.717) is 5.02 Å². The molecule has 64 valence electrons. The third-order valence-corrected chi connectivity index (χ3v) is 2.59. The Balaban J connectivity index is 3.12. The summed E-state index contributed by atoms with van der Waals surface area (Å²) in [6, 6.07) is 5.59. The summed E-state index contributed by atoms with van der Waals surface area (Å²) in [7, 11) is 0. The lowest BCUT2D eigenvalue weighted by atomic mass is 10.1. The van der Waals surface area contributed by atoms with Crippen molar-refractivity contribution in [2.75, 3.05) is 0 Å². The maximum absolute atomic E-state index is 5.94. The highest BCUT2D eigenvalue weighted by molar-refractivity contribution is 14.1. The van der Waals surface area contributed by atoms with Gasteiger partial charge in [-0.25, -0.2) is 0 Å². The molecular formula is C9H9ClIN. The number of nitrogens with two attached hydrogens (primary N) is 1. The Morgan fingerprint density at radius 2 is 2.25 bits per heavy atom. The van der Waals surface area contributed by atoms with E-state index in [1.54, 1.807) is 6.08 Å². The van der Waals surface area contributed by atoms with Crippen LogP contribution < -0.4 is 5.73 Å². The van der Waals surface area contributed by atoms with Crippen LogP contribution in [0.4, 0.5) is 0 Å². The molecule has 2 N–H and O–H groups in total. The van der Waals surface area contributed by atoms with Gasteiger partial charge in [-0.2, -0.15) is 0 Å². The SMILES string of the molecule is C=CC(N)c1cc(I)ccc1Cl. The molecule has 1 aromatic carbocycles. The van der Waals surface area contributed by atoms with Gasteiger partial charge in [-0.1, -0.05) is 17.7 Å². The number of halogens is 2. The number of hydrogen-bond donors (Lipinski definition) is 1. The molecule has 0 bridgehead atoms. The minimum Gasteiger partial charge on any atom is -0.321 e. The molecule has 0 radical (unpaired) electrons. The van der Waals surface area contributed by atoms with Crippen molar-refractivity contribution in [1.82, 2.24) is 0 Å². The van der Waals surface area contributed by atoms with E-state index in [9.17, 15) is 0 Å². The molecule has 3 heteroatoms. The molecule has 0 amide bonds. The summed E-state index contributed by atoms with van der Waals surface area (Å²) in [5, 5.41) is 0.697. The van der Waals surface area contributed by atoms with E-state index in [1.165, 1.54) is 0 Å². The molecule has 1 unspecified atom stereocenters. The van der Waals surface area contributed by atoms with Gasteiger partial charge in [0.05, 0.1) is 0 Å². The van der Waals surface area contributed by atoms with Gasteiger partial charge in [0.15, 0.2) is 0 Å². The Morgan fingerprint density at radius 1 is 1.58 bits per heavy atom. The van der Waals surface area contributed by atoms with E-state index in [-0.39, 0.29) is 6.04 Å². The first-order chi connectivity index (χ1) is 5.65. The predicted octanol–water partition coefficient (Wildman–Crippen LogP) is 3.13. The van der Waals surface area contributed by atoms with Crippen molar-refractivity contribution < 1.29 is 0 Å². The van der Waals surface area contributed by atoms with Crippen molar-refractivity contribution >= 4 is 34.2 Å². The van der Waals surface area contributed by atoms with Gasteiger partial charge in [0.2, 0.25) is 0 Å². The molecule has 1 atom stereocenters. The zero-order valence-electron chi connectivity index (χ0n) is 6.43. The van der Waals surface area contributed by atoms with Gasteiger partial charge >= 0.3 is 0 Å². The smallest absolute Gasteiger partial charge is 0.0493 e. The predicted molar refractivity (Wildman–Crippen MR) is 61.3 cm³/mol. The molecule has 12 heavy (non-hydrogen) atoms. The standard InChI is InChI=1S/C9H9ClIN/c1-2-9(12)7-5-6(11)3-4-8(7)10/h2-5,9H,1,12H2. The number of benzene rings is 1. The molecule has 0 heterocycles. The lowest BCUT2D eigenvalue weighted by Crippen LogP contribution is -2.07. The first-order valence-corrected chi connectivity index (χ1v) is 4.94. The molecule has 1 rings (SSSR count). The summed E-state index contributed by atoms with van der Waals surface area (Å²) < 4.78 is 1.13. The van der Waals surface area contributed by atoms with Crippen molar-refractivity contribution in [2.45, 2.75) is 6.04 Å². The van der Waals surface area contributed by atoms with Gasteiger partial charge in [0, 0.05) is 14.6 Å². The Hall–Kier alpha value is -0.0600. The molecular weight excluding hydrogens is 284 g/mol. The Morgan fingerprint density at radius 3 is 2.83 bits per heavy atom. The quantitative estimate of drug-likeness (QED) is 0.658. The van der Waals surface area contributed by atoms with Crippen molar-refractivity contribution in [3.63, 3.8) is 0 Å². The second-order valence-corrected chi connectivity index (χ2v) is 4.08. The van der Waals surface area contributed by atoms with Gasteiger partial charge in [0.25, 0.3) is 0 Å². The molecule has 0 spiro atoms. The molecule has 0 aliphatic carbocycles. The Bertz CT molecular complexity index is 299. The van der Waals surface area contributed by atoms with Gasteiger partial charge in [-0.05, 0) is 46.4 Å². The maximum atomic E-state index is 5.94. The maximum Gasteiger partial charge on any atom is 0.0493 e. The number of hydrogen-bond acceptors (Lipinski definition) is 1. The fraction of sp³-hybridized carbons (Fsp3) is 0.111. The van der Waals surface area contributed by atoms with Crippen LogP contribution in [0, 0.1) is 3.57 Å². The van der Waals surface area contributed by atoms with Crippen LogP contribution in [0.1, 0.15) is 11.6 Å². The molecule has 0 saturated heterocycles. The topological polar surface area (TPSA) is 26.0 Å². The summed E-state index contributed by atoms with van der Waals surface area (Å²) in [4.78, 5) is 0. The minimum atomic E-state index is -0.174. The van der Waals surface area contributed by atoms with E-state index in [4.69, 9.17) is 17.3 Å². The van der Waals surface area contributed by atoms with Crippen LogP contribution in [0.5, 0.6) is 0 Å². The van der Waals surface area contributed by atoms with E-state index < -0.39 is 0 Å². The van der Waals surface area contributed by atoms with Crippen LogP contribution in [0.15, 0.2) is 30.9 Å². The molecule has 0 aliphatic heterocycles. The van der Waals surface area contributed by atoms with Gasteiger partial charge in [-0.3, -0.25) is 0 Å². The first kappa shape index (κ1) is 10.0. The highest BCUT2D eigenvalue weighted by atomic mass is 127. The van der Waals surface area contributed by atoms with Gasteiger partial charge < -0.3 is 5.73 Å². The lowest BCUT2D eigenvalue weighted by molar-refractivity contribution is 0.913. The summed E-state index contributed by atoms with van der Waals surface area (Å²) in [6.45, 7) is 3.62. The highest BCUT2D eigenvalue weighted by Crippen LogP contribution is 2.23. The normalized spacial score (nSPS) is 12.6. The zero-order chi connectivity index (χ0) is 9.14. The van der Waals surface area contributed by atoms with E-state index >= 15 is 0 Å². The number of rotatable bonds is 2. The van der Waals surface area contributed by atoms with Crippen molar-refractivity contribution in [1.29, 1.82) is 0 Å². The largest absolute Gasteiger partial charge is 0.321 e. The van der Waals surface area contributed by atoms with Crippen molar-refractivity contribution in [3.8, 4) is 0 Å². The Labute approximate surface area is 90.7 Å². The van der Waals surface area contributed by atoms with Crippen LogP contribution in [0.3, 0.4) is 0 Å². The second kappa shape index (κ2) is 4.25. The summed E-state index contributed by atoms with van der Waals surface area (Å²) in [5.74, 6) is 0. The van der Waals surface area contributed by atoms with Gasteiger partial charge in [-0.15, -0.1) is 6.58 Å². The molecule has 1 nitrogen and oxygen atoms in total. The fourth-order valence-electron chi connectivity index (χ4n) is 0.897. The molecule has 0 fully saturated rings. The monoisotopic (exact) mass is 293 g/mol. The van der Waals surface area contributed by atoms with E-state index in [0.717, 1.165) is 9.13 Å². The molecule has 0 aliphatic rings. The van der Waals surface area contributed by atoms with Crippen LogP contribution in [0.2, 0.25) is 5.02 Å². The average Bonchev–Trinajstić information content (AvgIpc) is 2.08.